The minimum Gasteiger partial charge on any atom is -0.381 e. The van der Waals surface area contributed by atoms with E-state index in [2.05, 4.69) is 10.6 Å². The lowest BCUT2D eigenvalue weighted by Crippen LogP contribution is -2.39. The monoisotopic (exact) mass is 267 g/mol. The summed E-state index contributed by atoms with van der Waals surface area (Å²) in [6.07, 6.45) is 4.66. The van der Waals surface area contributed by atoms with Crippen molar-refractivity contribution < 1.29 is 9.53 Å². The van der Waals surface area contributed by atoms with Gasteiger partial charge < -0.3 is 20.3 Å². The SMILES string of the molecule is O=C1NC(C2CCOCC2)CN1CC1CCCNC1. The van der Waals surface area contributed by atoms with Crippen molar-refractivity contribution in [3.8, 4) is 0 Å². The Morgan fingerprint density at radius 2 is 2.11 bits per heavy atom. The molecule has 3 rings (SSSR count). The maximum Gasteiger partial charge on any atom is 0.317 e. The van der Waals surface area contributed by atoms with E-state index in [1.807, 2.05) is 4.90 Å². The molecule has 0 radical (unpaired) electrons. The number of carbonyl (C=O) groups is 1. The van der Waals surface area contributed by atoms with Crippen LogP contribution in [0.3, 0.4) is 0 Å². The van der Waals surface area contributed by atoms with Gasteiger partial charge in [0.15, 0.2) is 0 Å². The van der Waals surface area contributed by atoms with Gasteiger partial charge in [0, 0.05) is 26.3 Å². The van der Waals surface area contributed by atoms with Crippen LogP contribution < -0.4 is 10.6 Å². The molecule has 5 nitrogen and oxygen atoms in total. The first kappa shape index (κ1) is 13.2. The van der Waals surface area contributed by atoms with Crippen LogP contribution in [0.4, 0.5) is 4.79 Å². The number of ether oxygens (including phenoxy) is 1. The number of urea groups is 1. The Bertz CT molecular complexity index is 312. The first-order valence-electron chi connectivity index (χ1n) is 7.67. The summed E-state index contributed by atoms with van der Waals surface area (Å²) in [5, 5.41) is 6.60. The second-order valence-electron chi connectivity index (χ2n) is 6.12. The largest absolute Gasteiger partial charge is 0.381 e. The summed E-state index contributed by atoms with van der Waals surface area (Å²) in [6.45, 7) is 5.70. The van der Waals surface area contributed by atoms with Crippen molar-refractivity contribution in [1.29, 1.82) is 0 Å². The molecule has 2 amide bonds. The fourth-order valence-corrected chi connectivity index (χ4v) is 3.55. The highest BCUT2D eigenvalue weighted by molar-refractivity contribution is 5.77. The zero-order chi connectivity index (χ0) is 13.1. The second kappa shape index (κ2) is 6.09. The number of hydrogen-bond donors (Lipinski definition) is 2. The quantitative estimate of drug-likeness (QED) is 0.795. The van der Waals surface area contributed by atoms with Gasteiger partial charge >= 0.3 is 6.03 Å². The van der Waals surface area contributed by atoms with E-state index in [1.54, 1.807) is 0 Å². The molecule has 108 valence electrons. The fraction of sp³-hybridized carbons (Fsp3) is 0.929. The number of nitrogens with one attached hydrogen (secondary N) is 2. The van der Waals surface area contributed by atoms with Gasteiger partial charge in [-0.1, -0.05) is 0 Å². The van der Waals surface area contributed by atoms with Crippen molar-refractivity contribution in [2.24, 2.45) is 11.8 Å². The van der Waals surface area contributed by atoms with E-state index >= 15 is 0 Å². The zero-order valence-corrected chi connectivity index (χ0v) is 11.6. The summed E-state index contributed by atoms with van der Waals surface area (Å²) >= 11 is 0. The molecule has 0 aromatic rings. The molecule has 5 heteroatoms. The van der Waals surface area contributed by atoms with Gasteiger partial charge in [-0.15, -0.1) is 0 Å². The van der Waals surface area contributed by atoms with Gasteiger partial charge in [-0.25, -0.2) is 4.79 Å². The fourth-order valence-electron chi connectivity index (χ4n) is 3.55. The van der Waals surface area contributed by atoms with E-state index in [0.29, 0.717) is 17.9 Å². The molecule has 3 heterocycles. The van der Waals surface area contributed by atoms with E-state index in [9.17, 15) is 4.79 Å². The average Bonchev–Trinajstić information content (AvgIpc) is 2.82. The summed E-state index contributed by atoms with van der Waals surface area (Å²) < 4.78 is 5.40. The number of rotatable bonds is 3. The highest BCUT2D eigenvalue weighted by atomic mass is 16.5. The molecule has 0 spiro atoms. The van der Waals surface area contributed by atoms with Gasteiger partial charge in [-0.3, -0.25) is 0 Å². The number of amides is 2. The minimum absolute atomic E-state index is 0.141. The Labute approximate surface area is 115 Å². The van der Waals surface area contributed by atoms with Gasteiger partial charge in [0.05, 0.1) is 6.04 Å². The Hall–Kier alpha value is -0.810. The normalized spacial score (nSPS) is 33.5. The number of piperidine rings is 1. The summed E-state index contributed by atoms with van der Waals surface area (Å²) in [4.78, 5) is 14.1. The third-order valence-corrected chi connectivity index (χ3v) is 4.73. The lowest BCUT2D eigenvalue weighted by atomic mass is 9.92. The number of hydrogen-bond acceptors (Lipinski definition) is 3. The smallest absolute Gasteiger partial charge is 0.317 e. The highest BCUT2D eigenvalue weighted by Gasteiger charge is 2.35. The lowest BCUT2D eigenvalue weighted by molar-refractivity contribution is 0.0564. The van der Waals surface area contributed by atoms with Crippen molar-refractivity contribution in [2.45, 2.75) is 31.7 Å². The van der Waals surface area contributed by atoms with Crippen molar-refractivity contribution >= 4 is 6.03 Å². The molecule has 0 bridgehead atoms. The molecule has 3 aliphatic rings. The van der Waals surface area contributed by atoms with E-state index in [4.69, 9.17) is 4.74 Å². The minimum atomic E-state index is 0.141. The van der Waals surface area contributed by atoms with Crippen LogP contribution in [0.25, 0.3) is 0 Å². The summed E-state index contributed by atoms with van der Waals surface area (Å²) in [6, 6.07) is 0.481. The Morgan fingerprint density at radius 1 is 1.26 bits per heavy atom. The molecule has 19 heavy (non-hydrogen) atoms. The van der Waals surface area contributed by atoms with Crippen LogP contribution in [-0.2, 0) is 4.74 Å². The first-order chi connectivity index (χ1) is 9.33. The maximum atomic E-state index is 12.1. The summed E-state index contributed by atoms with van der Waals surface area (Å²) in [7, 11) is 0. The third-order valence-electron chi connectivity index (χ3n) is 4.73. The molecule has 2 unspecified atom stereocenters. The maximum absolute atomic E-state index is 12.1. The predicted molar refractivity (Wildman–Crippen MR) is 73.0 cm³/mol. The topological polar surface area (TPSA) is 53.6 Å². The van der Waals surface area contributed by atoms with Gasteiger partial charge in [-0.05, 0) is 50.6 Å². The molecule has 2 N–H and O–H groups in total. The number of carbonyl (C=O) groups excluding carboxylic acids is 1. The van der Waals surface area contributed by atoms with Gasteiger partial charge in [0.25, 0.3) is 0 Å². The van der Waals surface area contributed by atoms with Crippen LogP contribution in [0, 0.1) is 11.8 Å². The average molecular weight is 267 g/mol. The van der Waals surface area contributed by atoms with E-state index in [1.165, 1.54) is 12.8 Å². The van der Waals surface area contributed by atoms with Gasteiger partial charge in [0.1, 0.15) is 0 Å². The first-order valence-corrected chi connectivity index (χ1v) is 7.67. The van der Waals surface area contributed by atoms with Crippen LogP contribution >= 0.6 is 0 Å². The molecule has 2 atom stereocenters. The molecular formula is C14H25N3O2. The predicted octanol–water partition coefficient (Wildman–Crippen LogP) is 0.806. The molecule has 0 saturated carbocycles. The molecule has 0 aliphatic carbocycles. The highest BCUT2D eigenvalue weighted by Crippen LogP contribution is 2.23. The van der Waals surface area contributed by atoms with E-state index in [0.717, 1.165) is 52.2 Å². The Morgan fingerprint density at radius 3 is 2.84 bits per heavy atom. The molecule has 3 saturated heterocycles. The van der Waals surface area contributed by atoms with Crippen LogP contribution in [0.15, 0.2) is 0 Å². The van der Waals surface area contributed by atoms with E-state index < -0.39 is 0 Å². The van der Waals surface area contributed by atoms with Crippen molar-refractivity contribution in [1.82, 2.24) is 15.5 Å². The number of nitrogens with zero attached hydrogens (tertiary/aromatic N) is 1. The van der Waals surface area contributed by atoms with Gasteiger partial charge in [-0.2, -0.15) is 0 Å². The standard InChI is InChI=1S/C14H25N3O2/c18-14-16-13(12-3-6-19-7-4-12)10-17(14)9-11-2-1-5-15-8-11/h11-13,15H,1-10H2,(H,16,18). The van der Waals surface area contributed by atoms with Gasteiger partial charge in [0.2, 0.25) is 0 Å². The molecule has 3 fully saturated rings. The molecule has 0 aromatic carbocycles. The lowest BCUT2D eigenvalue weighted by Gasteiger charge is -2.28. The summed E-state index contributed by atoms with van der Waals surface area (Å²) in [5.74, 6) is 1.24. The van der Waals surface area contributed by atoms with Crippen LogP contribution in [0.5, 0.6) is 0 Å². The Balaban J connectivity index is 1.51. The van der Waals surface area contributed by atoms with Crippen molar-refractivity contribution in [3.05, 3.63) is 0 Å². The third kappa shape index (κ3) is 3.20. The molecule has 3 aliphatic heterocycles. The Kier molecular flexibility index (Phi) is 4.23. The molecular weight excluding hydrogens is 242 g/mol. The van der Waals surface area contributed by atoms with Crippen LogP contribution in [0.1, 0.15) is 25.7 Å². The van der Waals surface area contributed by atoms with Crippen LogP contribution in [0.2, 0.25) is 0 Å². The molecule has 0 aromatic heterocycles. The zero-order valence-electron chi connectivity index (χ0n) is 11.6. The van der Waals surface area contributed by atoms with E-state index in [-0.39, 0.29) is 6.03 Å². The second-order valence-corrected chi connectivity index (χ2v) is 6.12. The van der Waals surface area contributed by atoms with Crippen molar-refractivity contribution in [2.75, 3.05) is 39.4 Å². The summed E-state index contributed by atoms with van der Waals surface area (Å²) in [5.41, 5.74) is 0. The van der Waals surface area contributed by atoms with Crippen LogP contribution in [-0.4, -0.2) is 56.4 Å². The van der Waals surface area contributed by atoms with Crippen molar-refractivity contribution in [3.63, 3.8) is 0 Å².